The third-order valence-corrected chi connectivity index (χ3v) is 6.54. The summed E-state index contributed by atoms with van der Waals surface area (Å²) in [4.78, 5) is 14.8. The normalized spacial score (nSPS) is 11.2. The lowest BCUT2D eigenvalue weighted by Gasteiger charge is -2.10. The van der Waals surface area contributed by atoms with Crippen molar-refractivity contribution in [1.82, 2.24) is 0 Å². The van der Waals surface area contributed by atoms with Crippen molar-refractivity contribution in [2.75, 3.05) is 11.6 Å². The van der Waals surface area contributed by atoms with E-state index in [1.54, 1.807) is 23.9 Å². The molecule has 3 aromatic rings. The van der Waals surface area contributed by atoms with E-state index in [0.29, 0.717) is 5.69 Å². The molecule has 6 heteroatoms. The molecule has 0 spiro atoms. The van der Waals surface area contributed by atoms with Crippen molar-refractivity contribution >= 4 is 33.2 Å². The molecule has 3 aromatic carbocycles. The number of carbonyl (C=O) groups excluding carboxylic acids is 1. The third-order valence-electron chi connectivity index (χ3n) is 4.20. The third kappa shape index (κ3) is 4.82. The van der Waals surface area contributed by atoms with Crippen LogP contribution in [0.5, 0.6) is 0 Å². The minimum absolute atomic E-state index is 0.0227. The smallest absolute Gasteiger partial charge is 0.256 e. The molecule has 0 aliphatic carbocycles. The molecule has 0 unspecified atom stereocenters. The van der Waals surface area contributed by atoms with Crippen molar-refractivity contribution in [3.8, 4) is 0 Å². The van der Waals surface area contributed by atoms with Crippen LogP contribution >= 0.6 is 11.8 Å². The highest BCUT2D eigenvalue weighted by Gasteiger charge is 2.18. The van der Waals surface area contributed by atoms with Crippen LogP contribution in [0.2, 0.25) is 0 Å². The van der Waals surface area contributed by atoms with Crippen LogP contribution in [-0.2, 0) is 9.84 Å². The Kier molecular flexibility index (Phi) is 5.91. The summed E-state index contributed by atoms with van der Waals surface area (Å²) in [5.74, 6) is -0.448. The lowest BCUT2D eigenvalue weighted by molar-refractivity contribution is 0.102. The molecule has 1 N–H and O–H groups in total. The number of rotatable bonds is 5. The summed E-state index contributed by atoms with van der Waals surface area (Å²) in [6.45, 7) is 4.16. The van der Waals surface area contributed by atoms with Gasteiger partial charge in [-0.1, -0.05) is 41.6 Å². The second-order valence-electron chi connectivity index (χ2n) is 6.62. The summed E-state index contributed by atoms with van der Waals surface area (Å²) in [6.07, 6.45) is 1.10. The summed E-state index contributed by atoms with van der Waals surface area (Å²) in [6, 6.07) is 20.0. The molecule has 0 saturated heterocycles. The molecule has 0 aliphatic heterocycles. The second-order valence-corrected chi connectivity index (χ2v) is 9.72. The van der Waals surface area contributed by atoms with Gasteiger partial charge in [0.15, 0.2) is 9.84 Å². The van der Waals surface area contributed by atoms with E-state index in [-0.39, 0.29) is 10.5 Å². The van der Waals surface area contributed by atoms with Gasteiger partial charge in [-0.25, -0.2) is 8.42 Å². The molecule has 3 rings (SSSR count). The highest BCUT2D eigenvalue weighted by Crippen LogP contribution is 2.31. The predicted octanol–water partition coefficient (Wildman–Crippen LogP) is 5.11. The van der Waals surface area contributed by atoms with E-state index in [1.807, 2.05) is 24.3 Å². The first-order valence-corrected chi connectivity index (χ1v) is 11.4. The molecule has 1 amide bonds. The second kappa shape index (κ2) is 8.20. The zero-order chi connectivity index (χ0) is 20.3. The standard InChI is InChI=1S/C22H21NO3S2/c1-15-8-13-20(16(2)14-15)27-18-11-9-17(10-12-18)23-22(24)19-6-4-5-7-21(19)28(3,25)26/h4-14H,1-3H3,(H,23,24). The van der Waals surface area contributed by atoms with Gasteiger partial charge in [0.05, 0.1) is 10.5 Å². The molecule has 144 valence electrons. The lowest BCUT2D eigenvalue weighted by Crippen LogP contribution is -2.15. The maximum Gasteiger partial charge on any atom is 0.256 e. The molecule has 0 saturated carbocycles. The highest BCUT2D eigenvalue weighted by atomic mass is 32.2. The van der Waals surface area contributed by atoms with Crippen molar-refractivity contribution in [2.24, 2.45) is 0 Å². The van der Waals surface area contributed by atoms with Gasteiger partial charge in [0.25, 0.3) is 5.91 Å². The van der Waals surface area contributed by atoms with Gasteiger partial charge in [0.2, 0.25) is 0 Å². The number of benzene rings is 3. The molecule has 0 fully saturated rings. The number of anilines is 1. The Bertz CT molecular complexity index is 1120. The first kappa shape index (κ1) is 20.2. The van der Waals surface area contributed by atoms with Gasteiger partial charge in [-0.3, -0.25) is 4.79 Å². The number of sulfone groups is 1. The first-order valence-electron chi connectivity index (χ1n) is 8.69. The van der Waals surface area contributed by atoms with Crippen LogP contribution in [0, 0.1) is 13.8 Å². The number of hydrogen-bond donors (Lipinski definition) is 1. The quantitative estimate of drug-likeness (QED) is 0.634. The van der Waals surface area contributed by atoms with Gasteiger partial charge >= 0.3 is 0 Å². The molecule has 0 heterocycles. The molecule has 0 aromatic heterocycles. The molecule has 4 nitrogen and oxygen atoms in total. The van der Waals surface area contributed by atoms with Crippen molar-refractivity contribution in [2.45, 2.75) is 28.5 Å². The van der Waals surface area contributed by atoms with Crippen molar-refractivity contribution in [3.63, 3.8) is 0 Å². The molecule has 28 heavy (non-hydrogen) atoms. The summed E-state index contributed by atoms with van der Waals surface area (Å²) >= 11 is 1.66. The summed E-state index contributed by atoms with van der Waals surface area (Å²) in [5, 5.41) is 2.77. The van der Waals surface area contributed by atoms with E-state index in [2.05, 4.69) is 37.4 Å². The van der Waals surface area contributed by atoms with Crippen LogP contribution in [0.3, 0.4) is 0 Å². The molecular formula is C22H21NO3S2. The van der Waals surface area contributed by atoms with Crippen LogP contribution in [0.25, 0.3) is 0 Å². The van der Waals surface area contributed by atoms with Gasteiger partial charge in [-0.15, -0.1) is 0 Å². The van der Waals surface area contributed by atoms with Crippen LogP contribution < -0.4 is 5.32 Å². The Labute approximate surface area is 169 Å². The first-order chi connectivity index (χ1) is 13.2. The van der Waals surface area contributed by atoms with Crippen LogP contribution in [0.4, 0.5) is 5.69 Å². The van der Waals surface area contributed by atoms with Gasteiger partial charge < -0.3 is 5.32 Å². The number of nitrogens with one attached hydrogen (secondary N) is 1. The minimum Gasteiger partial charge on any atom is -0.322 e. The van der Waals surface area contributed by atoms with Crippen molar-refractivity contribution in [1.29, 1.82) is 0 Å². The number of carbonyl (C=O) groups is 1. The Morgan fingerprint density at radius 3 is 2.25 bits per heavy atom. The topological polar surface area (TPSA) is 63.2 Å². The maximum atomic E-state index is 12.6. The summed E-state index contributed by atoms with van der Waals surface area (Å²) in [5.41, 5.74) is 3.20. The fraction of sp³-hybridized carbons (Fsp3) is 0.136. The molecule has 0 aliphatic rings. The van der Waals surface area contributed by atoms with Crippen molar-refractivity contribution in [3.05, 3.63) is 83.4 Å². The molecular weight excluding hydrogens is 390 g/mol. The molecule has 0 radical (unpaired) electrons. The van der Waals surface area contributed by atoms with Gasteiger partial charge in [0, 0.05) is 21.7 Å². The predicted molar refractivity (Wildman–Crippen MR) is 114 cm³/mol. The molecule has 0 atom stereocenters. The Hall–Kier alpha value is -2.57. The summed E-state index contributed by atoms with van der Waals surface area (Å²) in [7, 11) is -3.48. The van der Waals surface area contributed by atoms with E-state index < -0.39 is 15.7 Å². The Morgan fingerprint density at radius 1 is 0.929 bits per heavy atom. The minimum atomic E-state index is -3.48. The monoisotopic (exact) mass is 411 g/mol. The Morgan fingerprint density at radius 2 is 1.61 bits per heavy atom. The lowest BCUT2D eigenvalue weighted by atomic mass is 10.2. The zero-order valence-corrected chi connectivity index (χ0v) is 17.5. The van der Waals surface area contributed by atoms with Gasteiger partial charge in [-0.05, 0) is 61.9 Å². The largest absolute Gasteiger partial charge is 0.322 e. The van der Waals surface area contributed by atoms with E-state index in [1.165, 1.54) is 28.2 Å². The average Bonchev–Trinajstić information content (AvgIpc) is 2.65. The SMILES string of the molecule is Cc1ccc(Sc2ccc(NC(=O)c3ccccc3S(C)(=O)=O)cc2)c(C)c1. The van der Waals surface area contributed by atoms with E-state index in [0.717, 1.165) is 11.2 Å². The average molecular weight is 412 g/mol. The number of aryl methyl sites for hydroxylation is 2. The van der Waals surface area contributed by atoms with Gasteiger partial charge in [0.1, 0.15) is 0 Å². The number of amides is 1. The van der Waals surface area contributed by atoms with E-state index >= 15 is 0 Å². The fourth-order valence-corrected chi connectivity index (χ4v) is 4.59. The summed E-state index contributed by atoms with van der Waals surface area (Å²) < 4.78 is 23.8. The van der Waals surface area contributed by atoms with E-state index in [9.17, 15) is 13.2 Å². The van der Waals surface area contributed by atoms with Crippen LogP contribution in [0.15, 0.2) is 81.4 Å². The van der Waals surface area contributed by atoms with Gasteiger partial charge in [-0.2, -0.15) is 0 Å². The fourth-order valence-electron chi connectivity index (χ4n) is 2.82. The van der Waals surface area contributed by atoms with E-state index in [4.69, 9.17) is 0 Å². The molecule has 0 bridgehead atoms. The van der Waals surface area contributed by atoms with Crippen molar-refractivity contribution < 1.29 is 13.2 Å². The number of hydrogen-bond acceptors (Lipinski definition) is 4. The zero-order valence-electron chi connectivity index (χ0n) is 15.9. The maximum absolute atomic E-state index is 12.6. The highest BCUT2D eigenvalue weighted by molar-refractivity contribution is 7.99. The van der Waals surface area contributed by atoms with Crippen LogP contribution in [0.1, 0.15) is 21.5 Å². The van der Waals surface area contributed by atoms with Crippen LogP contribution in [-0.4, -0.2) is 20.6 Å². The Balaban J connectivity index is 1.75.